The molecule has 2 aromatic heterocycles. The summed E-state index contributed by atoms with van der Waals surface area (Å²) < 4.78 is 11.8. The Kier molecular flexibility index (Phi) is 5.52. The normalized spacial score (nSPS) is 19.9. The lowest BCUT2D eigenvalue weighted by molar-refractivity contribution is -0.122. The highest BCUT2D eigenvalue weighted by Gasteiger charge is 2.28. The van der Waals surface area contributed by atoms with Crippen molar-refractivity contribution in [3.63, 3.8) is 0 Å². The number of nitrogens with zero attached hydrogens (tertiary/aromatic N) is 5. The van der Waals surface area contributed by atoms with E-state index in [0.717, 1.165) is 0 Å². The summed E-state index contributed by atoms with van der Waals surface area (Å²) in [5.74, 6) is 0.774. The molecule has 0 saturated carbocycles. The van der Waals surface area contributed by atoms with Gasteiger partial charge in [-0.15, -0.1) is 0 Å². The fourth-order valence-corrected chi connectivity index (χ4v) is 2.93. The summed E-state index contributed by atoms with van der Waals surface area (Å²) in [7, 11) is 2.98. The number of piperidine rings is 1. The van der Waals surface area contributed by atoms with Crippen LogP contribution in [-0.2, 0) is 11.3 Å². The molecule has 0 aliphatic carbocycles. The van der Waals surface area contributed by atoms with Gasteiger partial charge in [0.05, 0.1) is 20.3 Å². The first-order valence-corrected chi connectivity index (χ1v) is 8.24. The number of nitrogens with one attached hydrogen (secondary N) is 1. The van der Waals surface area contributed by atoms with Crippen LogP contribution in [0.25, 0.3) is 0 Å². The summed E-state index contributed by atoms with van der Waals surface area (Å²) in [6, 6.07) is 3.39. The van der Waals surface area contributed by atoms with Crippen LogP contribution in [0.4, 0.5) is 5.82 Å². The van der Waals surface area contributed by atoms with Crippen LogP contribution in [0.5, 0.6) is 11.9 Å². The van der Waals surface area contributed by atoms with E-state index in [0.29, 0.717) is 31.2 Å². The lowest BCUT2D eigenvalue weighted by Gasteiger charge is -2.36. The van der Waals surface area contributed by atoms with E-state index in [-0.39, 0.29) is 24.5 Å². The van der Waals surface area contributed by atoms with Crippen molar-refractivity contribution < 1.29 is 19.4 Å². The summed E-state index contributed by atoms with van der Waals surface area (Å²) in [5.41, 5.74) is 0. The molecule has 2 atom stereocenters. The fraction of sp³-hybridized carbons (Fsp3) is 0.500. The van der Waals surface area contributed by atoms with Crippen molar-refractivity contribution in [2.24, 2.45) is 0 Å². The fourth-order valence-electron chi connectivity index (χ4n) is 2.93. The van der Waals surface area contributed by atoms with Gasteiger partial charge in [-0.05, 0) is 12.5 Å². The molecular weight excluding hydrogens is 340 g/mol. The van der Waals surface area contributed by atoms with Gasteiger partial charge in [-0.1, -0.05) is 0 Å². The van der Waals surface area contributed by atoms with E-state index in [2.05, 4.69) is 20.4 Å². The zero-order valence-corrected chi connectivity index (χ0v) is 14.7. The van der Waals surface area contributed by atoms with Gasteiger partial charge in [0, 0.05) is 37.6 Å². The van der Waals surface area contributed by atoms with E-state index in [4.69, 9.17) is 9.47 Å². The van der Waals surface area contributed by atoms with Crippen molar-refractivity contribution >= 4 is 11.7 Å². The first-order chi connectivity index (χ1) is 12.6. The van der Waals surface area contributed by atoms with E-state index in [1.54, 1.807) is 29.2 Å². The van der Waals surface area contributed by atoms with E-state index in [1.807, 2.05) is 4.90 Å². The Morgan fingerprint density at radius 3 is 2.88 bits per heavy atom. The second kappa shape index (κ2) is 8.00. The molecule has 3 heterocycles. The highest BCUT2D eigenvalue weighted by molar-refractivity contribution is 5.76. The number of aliphatic hydroxyl groups is 1. The molecule has 26 heavy (non-hydrogen) atoms. The number of carbonyl (C=O) groups excluding carboxylic acids is 1. The molecule has 10 nitrogen and oxygen atoms in total. The van der Waals surface area contributed by atoms with Crippen molar-refractivity contribution in [1.82, 2.24) is 25.1 Å². The summed E-state index contributed by atoms with van der Waals surface area (Å²) in [4.78, 5) is 22.4. The molecule has 1 amide bonds. The first kappa shape index (κ1) is 17.9. The van der Waals surface area contributed by atoms with Crippen LogP contribution in [0.15, 0.2) is 24.5 Å². The van der Waals surface area contributed by atoms with E-state index >= 15 is 0 Å². The highest BCUT2D eigenvalue weighted by atomic mass is 16.5. The number of aromatic nitrogens is 4. The number of methoxy groups -OCH3 is 2. The second-order valence-corrected chi connectivity index (χ2v) is 6.02. The van der Waals surface area contributed by atoms with Crippen LogP contribution >= 0.6 is 0 Å². The summed E-state index contributed by atoms with van der Waals surface area (Å²) in [5, 5.41) is 17.2. The van der Waals surface area contributed by atoms with Crippen molar-refractivity contribution in [2.75, 3.05) is 32.2 Å². The van der Waals surface area contributed by atoms with E-state index in [1.165, 1.54) is 14.2 Å². The molecule has 1 aliphatic heterocycles. The largest absolute Gasteiger partial charge is 0.481 e. The average molecular weight is 362 g/mol. The Morgan fingerprint density at radius 2 is 2.19 bits per heavy atom. The maximum atomic E-state index is 12.2. The Morgan fingerprint density at radius 1 is 1.35 bits per heavy atom. The minimum Gasteiger partial charge on any atom is -0.481 e. The van der Waals surface area contributed by atoms with Gasteiger partial charge in [0.15, 0.2) is 0 Å². The highest BCUT2D eigenvalue weighted by Crippen LogP contribution is 2.24. The molecule has 10 heteroatoms. The number of ether oxygens (including phenoxy) is 2. The Labute approximate surface area is 150 Å². The SMILES string of the molecule is COc1cc(N2C[C@H](O)C[C@H](NC(=O)Cn3cccn3)C2)nc(OC)n1. The number of rotatable bonds is 6. The summed E-state index contributed by atoms with van der Waals surface area (Å²) in [6.45, 7) is 1.04. The summed E-state index contributed by atoms with van der Waals surface area (Å²) >= 11 is 0. The number of aliphatic hydroxyl groups excluding tert-OH is 1. The maximum Gasteiger partial charge on any atom is 0.321 e. The number of anilines is 1. The smallest absolute Gasteiger partial charge is 0.321 e. The Bertz CT molecular complexity index is 716. The minimum absolute atomic E-state index is 0.134. The third-order valence-electron chi connectivity index (χ3n) is 4.04. The van der Waals surface area contributed by atoms with Crippen LogP contribution < -0.4 is 19.7 Å². The van der Waals surface area contributed by atoms with Gasteiger partial charge in [-0.3, -0.25) is 9.48 Å². The van der Waals surface area contributed by atoms with Crippen LogP contribution in [-0.4, -0.2) is 70.2 Å². The third-order valence-corrected chi connectivity index (χ3v) is 4.04. The zero-order valence-electron chi connectivity index (χ0n) is 14.7. The predicted octanol–water partition coefficient (Wildman–Crippen LogP) is -0.554. The Balaban J connectivity index is 1.68. The van der Waals surface area contributed by atoms with Gasteiger partial charge < -0.3 is 24.8 Å². The van der Waals surface area contributed by atoms with Gasteiger partial charge in [0.1, 0.15) is 12.4 Å². The molecule has 3 rings (SSSR count). The minimum atomic E-state index is -0.592. The molecular formula is C16H22N6O4. The van der Waals surface area contributed by atoms with E-state index < -0.39 is 6.10 Å². The van der Waals surface area contributed by atoms with Crippen molar-refractivity contribution in [3.05, 3.63) is 24.5 Å². The quantitative estimate of drug-likeness (QED) is 0.703. The molecule has 0 aromatic carbocycles. The summed E-state index contributed by atoms with van der Waals surface area (Å²) in [6.07, 6.45) is 3.22. The molecule has 1 aliphatic rings. The van der Waals surface area contributed by atoms with Gasteiger partial charge in [0.25, 0.3) is 0 Å². The van der Waals surface area contributed by atoms with Gasteiger partial charge in [-0.2, -0.15) is 15.1 Å². The molecule has 0 spiro atoms. The lowest BCUT2D eigenvalue weighted by Crippen LogP contribution is -2.53. The van der Waals surface area contributed by atoms with Gasteiger partial charge in [-0.25, -0.2) is 0 Å². The monoisotopic (exact) mass is 362 g/mol. The van der Waals surface area contributed by atoms with Crippen LogP contribution in [0, 0.1) is 0 Å². The first-order valence-electron chi connectivity index (χ1n) is 8.24. The lowest BCUT2D eigenvalue weighted by atomic mass is 10.0. The second-order valence-electron chi connectivity index (χ2n) is 6.02. The number of carbonyl (C=O) groups is 1. The van der Waals surface area contributed by atoms with Crippen LogP contribution in [0.2, 0.25) is 0 Å². The third kappa shape index (κ3) is 4.39. The molecule has 0 unspecified atom stereocenters. The molecule has 0 radical (unpaired) electrons. The van der Waals surface area contributed by atoms with Crippen LogP contribution in [0.3, 0.4) is 0 Å². The maximum absolute atomic E-state index is 12.2. The molecule has 2 aromatic rings. The van der Waals surface area contributed by atoms with Crippen molar-refractivity contribution in [3.8, 4) is 11.9 Å². The van der Waals surface area contributed by atoms with Crippen molar-refractivity contribution in [2.45, 2.75) is 25.1 Å². The number of hydrogen-bond donors (Lipinski definition) is 2. The zero-order chi connectivity index (χ0) is 18.5. The standard InChI is InChI=1S/C16H22N6O4/c1-25-15-7-13(19-16(20-15)26-2)21-8-11(6-12(23)9-21)18-14(24)10-22-5-3-4-17-22/h3-5,7,11-12,23H,6,8-10H2,1-2H3,(H,18,24)/t11-,12+/m0/s1. The molecule has 1 fully saturated rings. The number of amides is 1. The molecule has 140 valence electrons. The topological polar surface area (TPSA) is 115 Å². The number of hydrogen-bond acceptors (Lipinski definition) is 8. The molecule has 2 N–H and O–H groups in total. The van der Waals surface area contributed by atoms with E-state index in [9.17, 15) is 9.90 Å². The predicted molar refractivity (Wildman–Crippen MR) is 92.1 cm³/mol. The van der Waals surface area contributed by atoms with Crippen LogP contribution in [0.1, 0.15) is 6.42 Å². The van der Waals surface area contributed by atoms with Gasteiger partial charge in [0.2, 0.25) is 11.8 Å². The molecule has 1 saturated heterocycles. The van der Waals surface area contributed by atoms with Gasteiger partial charge >= 0.3 is 6.01 Å². The Hall–Kier alpha value is -2.88. The molecule has 0 bridgehead atoms. The number of β-amino-alcohol motifs (C(OH)–C–C–N with tert-alkyl or cyclic N) is 1. The average Bonchev–Trinajstić information content (AvgIpc) is 3.13. The van der Waals surface area contributed by atoms with Crippen molar-refractivity contribution in [1.29, 1.82) is 0 Å².